The van der Waals surface area contributed by atoms with Gasteiger partial charge in [0.1, 0.15) is 0 Å². The van der Waals surface area contributed by atoms with E-state index in [9.17, 15) is 13.2 Å². The van der Waals surface area contributed by atoms with E-state index < -0.39 is 10.0 Å². The number of aryl methyl sites for hydroxylation is 2. The number of hydrogen-bond donors (Lipinski definition) is 1. The molecule has 0 atom stereocenters. The van der Waals surface area contributed by atoms with E-state index in [4.69, 9.17) is 0 Å². The number of rotatable bonds is 6. The molecule has 1 saturated heterocycles. The van der Waals surface area contributed by atoms with Gasteiger partial charge in [0.15, 0.2) is 0 Å². The fourth-order valence-corrected chi connectivity index (χ4v) is 6.82. The van der Waals surface area contributed by atoms with Crippen LogP contribution in [0, 0.1) is 5.92 Å². The molecule has 5 nitrogen and oxygen atoms in total. The monoisotopic (exact) mass is 482 g/mol. The van der Waals surface area contributed by atoms with E-state index in [-0.39, 0.29) is 11.8 Å². The van der Waals surface area contributed by atoms with Crippen molar-refractivity contribution in [3.05, 3.63) is 58.7 Å². The van der Waals surface area contributed by atoms with Gasteiger partial charge in [-0.05, 0) is 84.7 Å². The van der Waals surface area contributed by atoms with Crippen LogP contribution in [0.1, 0.15) is 87.5 Å². The molecular weight excluding hydrogens is 444 g/mol. The van der Waals surface area contributed by atoms with Gasteiger partial charge >= 0.3 is 0 Å². The number of amides is 1. The normalized spacial score (nSPS) is 17.7. The topological polar surface area (TPSA) is 66.5 Å². The quantitative estimate of drug-likeness (QED) is 0.561. The van der Waals surface area contributed by atoms with Crippen molar-refractivity contribution in [2.75, 3.05) is 18.4 Å². The van der Waals surface area contributed by atoms with Crippen molar-refractivity contribution in [2.24, 2.45) is 5.92 Å². The Bertz CT molecular complexity index is 1120. The van der Waals surface area contributed by atoms with Crippen molar-refractivity contribution in [1.29, 1.82) is 0 Å². The number of carbonyl (C=O) groups is 1. The summed E-state index contributed by atoms with van der Waals surface area (Å²) in [6.45, 7) is 9.30. The molecule has 0 saturated carbocycles. The third kappa shape index (κ3) is 5.08. The second-order valence-electron chi connectivity index (χ2n) is 10.4. The number of fused-ring (bicyclic) bond motifs is 1. The first-order valence-corrected chi connectivity index (χ1v) is 14.2. The molecule has 2 aromatic carbocycles. The van der Waals surface area contributed by atoms with Gasteiger partial charge in [-0.15, -0.1) is 0 Å². The van der Waals surface area contributed by atoms with Gasteiger partial charge in [0.2, 0.25) is 15.9 Å². The van der Waals surface area contributed by atoms with Gasteiger partial charge in [0.25, 0.3) is 0 Å². The molecule has 1 amide bonds. The lowest BCUT2D eigenvalue weighted by Gasteiger charge is -2.31. The SMILES string of the molecule is CC(C)c1cccc(C(C)C)c1NC(=O)C1CCN(S(=O)(=O)c2ccc3c(c2)CCCC3)CC1. The minimum atomic E-state index is -3.54. The fraction of sp³-hybridized carbons (Fsp3) is 0.536. The number of para-hydroxylation sites is 1. The van der Waals surface area contributed by atoms with Crippen LogP contribution in [0.3, 0.4) is 0 Å². The zero-order chi connectivity index (χ0) is 24.5. The van der Waals surface area contributed by atoms with Crippen LogP contribution >= 0.6 is 0 Å². The van der Waals surface area contributed by atoms with Crippen molar-refractivity contribution < 1.29 is 13.2 Å². The summed E-state index contributed by atoms with van der Waals surface area (Å²) in [7, 11) is -3.54. The molecule has 0 unspecified atom stereocenters. The molecule has 4 rings (SSSR count). The number of sulfonamides is 1. The molecule has 1 fully saturated rings. The summed E-state index contributed by atoms with van der Waals surface area (Å²) >= 11 is 0. The average Bonchev–Trinajstić information content (AvgIpc) is 2.83. The third-order valence-corrected chi connectivity index (χ3v) is 9.30. The Morgan fingerprint density at radius 3 is 2.09 bits per heavy atom. The molecule has 2 aliphatic rings. The van der Waals surface area contributed by atoms with Crippen molar-refractivity contribution in [2.45, 2.75) is 83.0 Å². The van der Waals surface area contributed by atoms with E-state index in [1.165, 1.54) is 17.5 Å². The minimum absolute atomic E-state index is 0.000767. The Kier molecular flexibility index (Phi) is 7.48. The molecule has 1 N–H and O–H groups in total. The van der Waals surface area contributed by atoms with E-state index >= 15 is 0 Å². The third-order valence-electron chi connectivity index (χ3n) is 7.40. The number of hydrogen-bond acceptors (Lipinski definition) is 3. The number of piperidine rings is 1. The Hall–Kier alpha value is -2.18. The Labute approximate surface area is 205 Å². The van der Waals surface area contributed by atoms with Crippen molar-refractivity contribution in [1.82, 2.24) is 4.31 Å². The molecule has 1 aliphatic carbocycles. The van der Waals surface area contributed by atoms with Crippen LogP contribution in [0.2, 0.25) is 0 Å². The van der Waals surface area contributed by atoms with Gasteiger partial charge in [-0.1, -0.05) is 52.0 Å². The highest BCUT2D eigenvalue weighted by Gasteiger charge is 2.33. The van der Waals surface area contributed by atoms with E-state index in [0.29, 0.717) is 42.7 Å². The minimum Gasteiger partial charge on any atom is -0.325 e. The zero-order valence-corrected chi connectivity index (χ0v) is 21.7. The lowest BCUT2D eigenvalue weighted by atomic mass is 9.91. The first-order chi connectivity index (χ1) is 16.2. The summed E-state index contributed by atoms with van der Waals surface area (Å²) in [5.41, 5.74) is 5.68. The molecule has 0 aromatic heterocycles. The standard InChI is InChI=1S/C28H38N2O3S/c1-19(2)25-10-7-11-26(20(3)4)27(25)29-28(31)22-14-16-30(17-15-22)34(32,33)24-13-12-21-8-5-6-9-23(21)18-24/h7,10-13,18-20,22H,5-6,8-9,14-17H2,1-4H3,(H,29,31). The molecule has 2 aromatic rings. The summed E-state index contributed by atoms with van der Waals surface area (Å²) in [5, 5.41) is 3.22. The van der Waals surface area contributed by atoms with Gasteiger partial charge < -0.3 is 5.32 Å². The molecule has 1 heterocycles. The second-order valence-corrected chi connectivity index (χ2v) is 12.4. The number of anilines is 1. The van der Waals surface area contributed by atoms with Gasteiger partial charge in [-0.25, -0.2) is 8.42 Å². The van der Waals surface area contributed by atoms with Crippen LogP contribution in [0.15, 0.2) is 41.3 Å². The molecular formula is C28H38N2O3S. The Morgan fingerprint density at radius 2 is 1.50 bits per heavy atom. The van der Waals surface area contributed by atoms with Gasteiger partial charge in [0, 0.05) is 24.7 Å². The molecule has 0 radical (unpaired) electrons. The van der Waals surface area contributed by atoms with Crippen LogP contribution in [-0.2, 0) is 27.7 Å². The molecule has 0 bridgehead atoms. The highest BCUT2D eigenvalue weighted by atomic mass is 32.2. The molecule has 34 heavy (non-hydrogen) atoms. The van der Waals surface area contributed by atoms with Crippen LogP contribution in [-0.4, -0.2) is 31.7 Å². The number of nitrogens with one attached hydrogen (secondary N) is 1. The lowest BCUT2D eigenvalue weighted by molar-refractivity contribution is -0.120. The summed E-state index contributed by atoms with van der Waals surface area (Å²) in [5.74, 6) is 0.422. The number of benzene rings is 2. The van der Waals surface area contributed by atoms with Crippen LogP contribution in [0.5, 0.6) is 0 Å². The average molecular weight is 483 g/mol. The second kappa shape index (κ2) is 10.2. The maximum absolute atomic E-state index is 13.3. The molecule has 1 aliphatic heterocycles. The van der Waals surface area contributed by atoms with Crippen molar-refractivity contribution in [3.63, 3.8) is 0 Å². The van der Waals surface area contributed by atoms with E-state index in [2.05, 4.69) is 51.2 Å². The van der Waals surface area contributed by atoms with Crippen LogP contribution in [0.25, 0.3) is 0 Å². The van der Waals surface area contributed by atoms with Gasteiger partial charge in [0.05, 0.1) is 4.90 Å². The van der Waals surface area contributed by atoms with E-state index in [0.717, 1.165) is 36.1 Å². The summed E-state index contributed by atoms with van der Waals surface area (Å²) in [4.78, 5) is 13.6. The molecule has 6 heteroatoms. The maximum atomic E-state index is 13.3. The largest absolute Gasteiger partial charge is 0.325 e. The van der Waals surface area contributed by atoms with Gasteiger partial charge in [-0.2, -0.15) is 4.31 Å². The lowest BCUT2D eigenvalue weighted by Crippen LogP contribution is -2.41. The highest BCUT2D eigenvalue weighted by Crippen LogP contribution is 2.34. The van der Waals surface area contributed by atoms with Crippen LogP contribution < -0.4 is 5.32 Å². The summed E-state index contributed by atoms with van der Waals surface area (Å²) < 4.78 is 28.2. The van der Waals surface area contributed by atoms with Crippen molar-refractivity contribution in [3.8, 4) is 0 Å². The zero-order valence-electron chi connectivity index (χ0n) is 20.9. The highest BCUT2D eigenvalue weighted by molar-refractivity contribution is 7.89. The first kappa shape index (κ1) is 24.9. The van der Waals surface area contributed by atoms with Crippen LogP contribution in [0.4, 0.5) is 5.69 Å². The summed E-state index contributed by atoms with van der Waals surface area (Å²) in [6, 6.07) is 11.8. The molecule has 0 spiro atoms. The Morgan fingerprint density at radius 1 is 0.912 bits per heavy atom. The summed E-state index contributed by atoms with van der Waals surface area (Å²) in [6.07, 6.45) is 5.37. The number of nitrogens with zero attached hydrogens (tertiary/aromatic N) is 1. The number of carbonyl (C=O) groups excluding carboxylic acids is 1. The smallest absolute Gasteiger partial charge is 0.243 e. The predicted molar refractivity (Wildman–Crippen MR) is 138 cm³/mol. The molecule has 184 valence electrons. The fourth-order valence-electron chi connectivity index (χ4n) is 5.30. The Balaban J connectivity index is 1.45. The van der Waals surface area contributed by atoms with Crippen molar-refractivity contribution >= 4 is 21.6 Å². The maximum Gasteiger partial charge on any atom is 0.243 e. The van der Waals surface area contributed by atoms with E-state index in [1.807, 2.05) is 12.1 Å². The van der Waals surface area contributed by atoms with Gasteiger partial charge in [-0.3, -0.25) is 4.79 Å². The first-order valence-electron chi connectivity index (χ1n) is 12.7. The predicted octanol–water partition coefficient (Wildman–Crippen LogP) is 5.85. The van der Waals surface area contributed by atoms with E-state index in [1.54, 1.807) is 10.4 Å².